The highest BCUT2D eigenvalue weighted by Crippen LogP contribution is 2.32. The summed E-state index contributed by atoms with van der Waals surface area (Å²) in [4.78, 5) is 26.4. The van der Waals surface area contributed by atoms with E-state index in [2.05, 4.69) is 33.9 Å². The smallest absolute Gasteiger partial charge is 0.298 e. The molecule has 3 heterocycles. The topological polar surface area (TPSA) is 115 Å². The maximum Gasteiger partial charge on any atom is 0.298 e. The number of benzene rings is 1. The zero-order chi connectivity index (χ0) is 25.3. The number of halogens is 2. The molecular formula is C24H21F2N5O4. The SMILES string of the molecule is CC#CC(=O)N1CC[C@H](n2cc(C#Cc3c(F)c(OC)cc(OC)c3F)c3c(N)n[nH]c(=O)c32)C1. The third kappa shape index (κ3) is 4.13. The standard InChI is InChI=1S/C24H21F2N5O4/c1-4-5-18(32)30-9-8-14(12-30)31-11-13(19-22(31)24(33)29-28-23(19)27)6-7-15-20(25)16(34-2)10-17(35-3)21(15)26/h10-11,14H,8-9,12H2,1-3H3,(H2,27,28)(H,29,33)/t14-/m0/s1. The molecule has 0 bridgehead atoms. The summed E-state index contributed by atoms with van der Waals surface area (Å²) in [5.74, 6) is 7.52. The number of nitrogen functional groups attached to an aromatic ring is 1. The van der Waals surface area contributed by atoms with Crippen molar-refractivity contribution in [3.8, 4) is 35.2 Å². The Labute approximate surface area is 198 Å². The number of methoxy groups -OCH3 is 2. The molecule has 3 aromatic rings. The van der Waals surface area contributed by atoms with Crippen LogP contribution < -0.4 is 20.8 Å². The molecule has 9 nitrogen and oxygen atoms in total. The molecule has 35 heavy (non-hydrogen) atoms. The van der Waals surface area contributed by atoms with Gasteiger partial charge in [-0.05, 0) is 19.3 Å². The molecule has 11 heteroatoms. The number of H-pyrrole nitrogens is 1. The number of fused-ring (bicyclic) bond motifs is 1. The number of hydrogen-bond donors (Lipinski definition) is 2. The van der Waals surface area contributed by atoms with Crippen molar-refractivity contribution >= 4 is 22.6 Å². The lowest BCUT2D eigenvalue weighted by molar-refractivity contribution is -0.124. The number of likely N-dealkylation sites (tertiary alicyclic amines) is 1. The summed E-state index contributed by atoms with van der Waals surface area (Å²) in [6, 6.07) is 0.822. The van der Waals surface area contributed by atoms with Crippen LogP contribution in [0.2, 0.25) is 0 Å². The summed E-state index contributed by atoms with van der Waals surface area (Å²) >= 11 is 0. The second kappa shape index (κ2) is 9.39. The summed E-state index contributed by atoms with van der Waals surface area (Å²) in [5.41, 5.74) is 5.41. The normalized spacial score (nSPS) is 14.8. The van der Waals surface area contributed by atoms with E-state index in [1.807, 2.05) is 0 Å². The van der Waals surface area contributed by atoms with Crippen LogP contribution in [0, 0.1) is 35.3 Å². The number of aromatic amines is 1. The zero-order valence-electron chi connectivity index (χ0n) is 19.2. The zero-order valence-corrected chi connectivity index (χ0v) is 19.2. The lowest BCUT2D eigenvalue weighted by Crippen LogP contribution is -2.28. The molecule has 0 radical (unpaired) electrons. The van der Waals surface area contributed by atoms with Crippen LogP contribution in [0.1, 0.15) is 30.5 Å². The van der Waals surface area contributed by atoms with Crippen LogP contribution >= 0.6 is 0 Å². The van der Waals surface area contributed by atoms with Crippen molar-refractivity contribution in [2.45, 2.75) is 19.4 Å². The molecule has 1 saturated heterocycles. The molecule has 1 aliphatic rings. The fourth-order valence-corrected chi connectivity index (χ4v) is 4.08. The summed E-state index contributed by atoms with van der Waals surface area (Å²) in [6.07, 6.45) is 2.13. The van der Waals surface area contributed by atoms with E-state index >= 15 is 0 Å². The molecule has 1 amide bonds. The molecule has 1 atom stereocenters. The van der Waals surface area contributed by atoms with E-state index in [-0.39, 0.29) is 45.7 Å². The van der Waals surface area contributed by atoms with Gasteiger partial charge in [0.1, 0.15) is 11.1 Å². The lowest BCUT2D eigenvalue weighted by atomic mass is 10.1. The minimum absolute atomic E-state index is 0.00500. The Kier molecular flexibility index (Phi) is 6.34. The van der Waals surface area contributed by atoms with Crippen molar-refractivity contribution in [3.05, 3.63) is 45.4 Å². The van der Waals surface area contributed by atoms with Gasteiger partial charge in [0.15, 0.2) is 29.0 Å². The van der Waals surface area contributed by atoms with Crippen LogP contribution in [0.3, 0.4) is 0 Å². The maximum absolute atomic E-state index is 14.8. The molecule has 0 unspecified atom stereocenters. The number of ether oxygens (including phenoxy) is 2. The van der Waals surface area contributed by atoms with Crippen molar-refractivity contribution in [3.63, 3.8) is 0 Å². The van der Waals surface area contributed by atoms with Crippen LogP contribution in [0.25, 0.3) is 10.9 Å². The van der Waals surface area contributed by atoms with Crippen molar-refractivity contribution in [1.82, 2.24) is 19.7 Å². The van der Waals surface area contributed by atoms with E-state index < -0.39 is 22.8 Å². The first-order valence-corrected chi connectivity index (χ1v) is 10.5. The molecule has 2 aromatic heterocycles. The van der Waals surface area contributed by atoms with E-state index in [1.165, 1.54) is 14.2 Å². The monoisotopic (exact) mass is 481 g/mol. The van der Waals surface area contributed by atoms with Crippen LogP contribution in [0.15, 0.2) is 17.1 Å². The van der Waals surface area contributed by atoms with Gasteiger partial charge in [-0.25, -0.2) is 13.9 Å². The van der Waals surface area contributed by atoms with E-state index in [9.17, 15) is 18.4 Å². The number of amides is 1. The molecular weight excluding hydrogens is 460 g/mol. The van der Waals surface area contributed by atoms with Crippen molar-refractivity contribution < 1.29 is 23.0 Å². The quantitative estimate of drug-likeness (QED) is 0.552. The Bertz CT molecular complexity index is 1490. The summed E-state index contributed by atoms with van der Waals surface area (Å²) in [6.45, 7) is 2.36. The third-order valence-electron chi connectivity index (χ3n) is 5.75. The highest BCUT2D eigenvalue weighted by Gasteiger charge is 2.29. The van der Waals surface area contributed by atoms with Crippen molar-refractivity contribution in [2.24, 2.45) is 0 Å². The predicted molar refractivity (Wildman–Crippen MR) is 124 cm³/mol. The Balaban J connectivity index is 1.85. The van der Waals surface area contributed by atoms with E-state index in [0.29, 0.717) is 19.5 Å². The molecule has 0 aliphatic carbocycles. The second-order valence-electron chi connectivity index (χ2n) is 7.71. The number of carbonyl (C=O) groups excluding carboxylic acids is 1. The summed E-state index contributed by atoms with van der Waals surface area (Å²) in [5, 5.41) is 6.39. The molecule has 1 aliphatic heterocycles. The number of nitrogens with two attached hydrogens (primary N) is 1. The van der Waals surface area contributed by atoms with Crippen molar-refractivity contribution in [2.75, 3.05) is 33.0 Å². The third-order valence-corrected chi connectivity index (χ3v) is 5.75. The number of aromatic nitrogens is 3. The molecule has 1 aromatic carbocycles. The molecule has 180 valence electrons. The van der Waals surface area contributed by atoms with Gasteiger partial charge in [0.25, 0.3) is 11.5 Å². The average molecular weight is 481 g/mol. The first-order valence-electron chi connectivity index (χ1n) is 10.5. The number of hydrogen-bond acceptors (Lipinski definition) is 6. The fraction of sp³-hybridized carbons (Fsp3) is 0.292. The highest BCUT2D eigenvalue weighted by atomic mass is 19.1. The summed E-state index contributed by atoms with van der Waals surface area (Å²) in [7, 11) is 2.47. The van der Waals surface area contributed by atoms with Crippen LogP contribution in [-0.4, -0.2) is 52.9 Å². The Morgan fingerprint density at radius 2 is 1.91 bits per heavy atom. The molecule has 0 spiro atoms. The number of nitrogens with one attached hydrogen (secondary N) is 1. The first kappa shape index (κ1) is 23.6. The summed E-state index contributed by atoms with van der Waals surface area (Å²) < 4.78 is 41.1. The lowest BCUT2D eigenvalue weighted by Gasteiger charge is -2.15. The Morgan fingerprint density at radius 1 is 1.23 bits per heavy atom. The molecule has 3 N–H and O–H groups in total. The van der Waals surface area contributed by atoms with Gasteiger partial charge >= 0.3 is 0 Å². The molecule has 4 rings (SSSR count). The van der Waals surface area contributed by atoms with Crippen molar-refractivity contribution in [1.29, 1.82) is 0 Å². The van der Waals surface area contributed by atoms with Gasteiger partial charge in [0.2, 0.25) is 0 Å². The highest BCUT2D eigenvalue weighted by molar-refractivity contribution is 5.95. The van der Waals surface area contributed by atoms with E-state index in [1.54, 1.807) is 22.6 Å². The minimum atomic E-state index is -0.993. The fourth-order valence-electron chi connectivity index (χ4n) is 4.08. The largest absolute Gasteiger partial charge is 0.493 e. The number of rotatable bonds is 3. The van der Waals surface area contributed by atoms with Gasteiger partial charge < -0.3 is 24.7 Å². The second-order valence-corrected chi connectivity index (χ2v) is 7.71. The average Bonchev–Trinajstić information content (AvgIpc) is 3.48. The Hall–Kier alpha value is -4.51. The van der Waals surface area contributed by atoms with Crippen LogP contribution in [0.5, 0.6) is 11.5 Å². The van der Waals surface area contributed by atoms with Gasteiger partial charge in [-0.15, -0.1) is 0 Å². The number of carbonyl (C=O) groups is 1. The van der Waals surface area contributed by atoms with Crippen LogP contribution in [0.4, 0.5) is 14.6 Å². The van der Waals surface area contributed by atoms with Crippen LogP contribution in [-0.2, 0) is 4.79 Å². The van der Waals surface area contributed by atoms with Gasteiger partial charge in [-0.2, -0.15) is 5.10 Å². The first-order chi connectivity index (χ1) is 16.8. The van der Waals surface area contributed by atoms with Gasteiger partial charge in [-0.3, -0.25) is 9.59 Å². The van der Waals surface area contributed by atoms with Gasteiger partial charge in [0.05, 0.1) is 31.2 Å². The predicted octanol–water partition coefficient (Wildman–Crippen LogP) is 1.80. The van der Waals surface area contributed by atoms with E-state index in [0.717, 1.165) is 6.07 Å². The Morgan fingerprint density at radius 3 is 2.54 bits per heavy atom. The maximum atomic E-state index is 14.8. The minimum Gasteiger partial charge on any atom is -0.493 e. The number of nitrogens with zero attached hydrogens (tertiary/aromatic N) is 3. The number of anilines is 1. The molecule has 1 fully saturated rings. The van der Waals surface area contributed by atoms with Gasteiger partial charge in [-0.1, -0.05) is 17.8 Å². The van der Waals surface area contributed by atoms with E-state index in [4.69, 9.17) is 15.2 Å². The van der Waals surface area contributed by atoms with Gasteiger partial charge in [0, 0.05) is 25.4 Å². The molecule has 0 saturated carbocycles.